The van der Waals surface area contributed by atoms with Gasteiger partial charge in [-0.2, -0.15) is 0 Å². The van der Waals surface area contributed by atoms with E-state index in [1.807, 2.05) is 52.9 Å². The number of hydrogen-bond donors (Lipinski definition) is 3. The number of ether oxygens (including phenoxy) is 2. The van der Waals surface area contributed by atoms with Crippen LogP contribution in [0.4, 0.5) is 0 Å². The molecule has 0 heterocycles. The standard InChI is InChI=1S/C33H39IN2O7/c1-42-29-14-22(19-38)13-26(34)32(29)43-28-16-25(33(41)35-9-10-37)15-27(31(28)40)36(18-20-5-3-2-4-6-20)30(39)17-24-12-21-7-8-23(24)11-21/h2-6,13-14,16,19,21,23-24,27-28,31,37,40H,7-12,15,17-18H2,1H3,(H,35,41)/t21?,23?,24?,27-,28+,31+/m1/s1. The molecule has 5 rings (SSSR count). The summed E-state index contributed by atoms with van der Waals surface area (Å²) in [6.07, 6.45) is 5.37. The van der Waals surface area contributed by atoms with Gasteiger partial charge in [-0.15, -0.1) is 0 Å². The number of carbonyl (C=O) groups is 3. The highest BCUT2D eigenvalue weighted by atomic mass is 127. The fourth-order valence-corrected chi connectivity index (χ4v) is 7.73. The Bertz CT molecular complexity index is 1350. The Labute approximate surface area is 265 Å². The topological polar surface area (TPSA) is 125 Å². The molecular formula is C33H39IN2O7. The van der Waals surface area contributed by atoms with Crippen LogP contribution < -0.4 is 14.8 Å². The van der Waals surface area contributed by atoms with Crippen molar-refractivity contribution < 1.29 is 34.1 Å². The highest BCUT2D eigenvalue weighted by Crippen LogP contribution is 2.50. The van der Waals surface area contributed by atoms with E-state index in [-0.39, 0.29) is 32.0 Å². The maximum absolute atomic E-state index is 14.1. The number of nitrogens with zero attached hydrogens (tertiary/aromatic N) is 1. The number of hydrogen-bond acceptors (Lipinski definition) is 7. The van der Waals surface area contributed by atoms with Crippen molar-refractivity contribution in [3.63, 3.8) is 0 Å². The zero-order valence-corrected chi connectivity index (χ0v) is 26.4. The normalized spacial score (nSPS) is 26.0. The fourth-order valence-electron chi connectivity index (χ4n) is 6.98. The molecule has 2 aromatic carbocycles. The zero-order chi connectivity index (χ0) is 30.5. The lowest BCUT2D eigenvalue weighted by molar-refractivity contribution is -0.141. The van der Waals surface area contributed by atoms with Gasteiger partial charge in [-0.1, -0.05) is 36.8 Å². The molecule has 2 fully saturated rings. The lowest BCUT2D eigenvalue weighted by Gasteiger charge is -2.41. The van der Waals surface area contributed by atoms with E-state index in [1.54, 1.807) is 23.1 Å². The smallest absolute Gasteiger partial charge is 0.247 e. The van der Waals surface area contributed by atoms with E-state index in [0.717, 1.165) is 12.0 Å². The molecule has 2 amide bonds. The summed E-state index contributed by atoms with van der Waals surface area (Å²) >= 11 is 2.04. The molecule has 0 radical (unpaired) electrons. The van der Waals surface area contributed by atoms with Crippen molar-refractivity contribution in [3.05, 3.63) is 68.8 Å². The van der Waals surface area contributed by atoms with Gasteiger partial charge in [-0.05, 0) is 83.4 Å². The molecule has 3 aliphatic carbocycles. The molecule has 2 aromatic rings. The molecule has 2 saturated carbocycles. The van der Waals surface area contributed by atoms with Crippen molar-refractivity contribution >= 4 is 40.7 Å². The highest BCUT2D eigenvalue weighted by molar-refractivity contribution is 14.1. The first-order valence-electron chi connectivity index (χ1n) is 14.9. The van der Waals surface area contributed by atoms with Gasteiger partial charge < -0.3 is 29.9 Å². The van der Waals surface area contributed by atoms with Crippen LogP contribution in [0.3, 0.4) is 0 Å². The molecule has 3 N–H and O–H groups in total. The Morgan fingerprint density at radius 2 is 1.95 bits per heavy atom. The minimum absolute atomic E-state index is 0.0382. The van der Waals surface area contributed by atoms with Gasteiger partial charge >= 0.3 is 0 Å². The number of carbonyl (C=O) groups excluding carboxylic acids is 3. The molecule has 0 aromatic heterocycles. The number of aliphatic hydroxyl groups is 2. The van der Waals surface area contributed by atoms with E-state index < -0.39 is 24.2 Å². The monoisotopic (exact) mass is 702 g/mol. The van der Waals surface area contributed by atoms with E-state index in [9.17, 15) is 24.6 Å². The fraction of sp³-hybridized carbons (Fsp3) is 0.485. The summed E-state index contributed by atoms with van der Waals surface area (Å²) in [7, 11) is 1.46. The highest BCUT2D eigenvalue weighted by Gasteiger charge is 2.44. The Balaban J connectivity index is 1.48. The molecule has 9 nitrogen and oxygen atoms in total. The molecule has 43 heavy (non-hydrogen) atoms. The summed E-state index contributed by atoms with van der Waals surface area (Å²) in [6, 6.07) is 12.1. The zero-order valence-electron chi connectivity index (χ0n) is 24.3. The Hall–Kier alpha value is -2.96. The number of rotatable bonds is 12. The number of aliphatic hydroxyl groups excluding tert-OH is 2. The van der Waals surface area contributed by atoms with Crippen LogP contribution in [-0.4, -0.2) is 71.7 Å². The van der Waals surface area contributed by atoms with E-state index in [2.05, 4.69) is 5.32 Å². The second-order valence-electron chi connectivity index (χ2n) is 11.8. The molecule has 0 aliphatic heterocycles. The van der Waals surface area contributed by atoms with Crippen molar-refractivity contribution in [1.82, 2.24) is 10.2 Å². The predicted molar refractivity (Wildman–Crippen MR) is 169 cm³/mol. The van der Waals surface area contributed by atoms with Gasteiger partial charge in [0.05, 0.1) is 23.3 Å². The number of aldehydes is 1. The van der Waals surface area contributed by atoms with E-state index in [0.29, 0.717) is 56.7 Å². The van der Waals surface area contributed by atoms with Crippen molar-refractivity contribution in [2.45, 2.75) is 63.3 Å². The molecule has 3 aliphatic rings. The van der Waals surface area contributed by atoms with Gasteiger partial charge in [0.15, 0.2) is 11.5 Å². The van der Waals surface area contributed by atoms with Crippen LogP contribution in [0.1, 0.15) is 54.4 Å². The van der Waals surface area contributed by atoms with Gasteiger partial charge in [-0.25, -0.2) is 0 Å². The Kier molecular flexibility index (Phi) is 10.4. The van der Waals surface area contributed by atoms with Crippen LogP contribution in [-0.2, 0) is 16.1 Å². The third kappa shape index (κ3) is 7.24. The number of benzene rings is 2. The van der Waals surface area contributed by atoms with Gasteiger partial charge in [0.1, 0.15) is 18.5 Å². The van der Waals surface area contributed by atoms with Crippen LogP contribution in [0.2, 0.25) is 0 Å². The Morgan fingerprint density at radius 1 is 1.16 bits per heavy atom. The van der Waals surface area contributed by atoms with Gasteiger partial charge in [0.25, 0.3) is 0 Å². The van der Waals surface area contributed by atoms with Crippen molar-refractivity contribution in [1.29, 1.82) is 0 Å². The molecule has 0 saturated heterocycles. The summed E-state index contributed by atoms with van der Waals surface area (Å²) in [5, 5.41) is 23.9. The van der Waals surface area contributed by atoms with Crippen LogP contribution >= 0.6 is 22.6 Å². The molecule has 6 atom stereocenters. The summed E-state index contributed by atoms with van der Waals surface area (Å²) in [4.78, 5) is 40.5. The molecule has 0 spiro atoms. The average molecular weight is 703 g/mol. The minimum atomic E-state index is -1.16. The largest absolute Gasteiger partial charge is 0.493 e. The van der Waals surface area contributed by atoms with E-state index in [4.69, 9.17) is 9.47 Å². The summed E-state index contributed by atoms with van der Waals surface area (Å²) in [6.45, 7) is 0.145. The SMILES string of the molecule is COc1cc(C=O)cc(I)c1O[C@H]1C=C(C(=O)NCCO)C[C@@H](N(Cc2ccccc2)C(=O)CC2CC3CCC2C3)[C@@H]1O. The molecule has 10 heteroatoms. The predicted octanol–water partition coefficient (Wildman–Crippen LogP) is 3.88. The maximum Gasteiger partial charge on any atom is 0.247 e. The van der Waals surface area contributed by atoms with Crippen molar-refractivity contribution in [2.75, 3.05) is 20.3 Å². The first-order chi connectivity index (χ1) is 20.8. The average Bonchev–Trinajstić information content (AvgIpc) is 3.64. The third-order valence-electron chi connectivity index (χ3n) is 9.09. The van der Waals surface area contributed by atoms with Crippen LogP contribution in [0.15, 0.2) is 54.1 Å². The molecule has 3 unspecified atom stereocenters. The van der Waals surface area contributed by atoms with Gasteiger partial charge in [-0.3, -0.25) is 14.4 Å². The first kappa shape index (κ1) is 31.5. The van der Waals surface area contributed by atoms with Crippen LogP contribution in [0, 0.1) is 21.3 Å². The van der Waals surface area contributed by atoms with E-state index >= 15 is 0 Å². The van der Waals surface area contributed by atoms with Gasteiger partial charge in [0, 0.05) is 37.1 Å². The Morgan fingerprint density at radius 3 is 2.60 bits per heavy atom. The number of nitrogens with one attached hydrogen (secondary N) is 1. The second kappa shape index (κ2) is 14.2. The first-order valence-corrected chi connectivity index (χ1v) is 16.0. The molecule has 2 bridgehead atoms. The van der Waals surface area contributed by atoms with Crippen LogP contribution in [0.25, 0.3) is 0 Å². The molecule has 230 valence electrons. The maximum atomic E-state index is 14.1. The minimum Gasteiger partial charge on any atom is -0.493 e. The molecular weight excluding hydrogens is 663 g/mol. The van der Waals surface area contributed by atoms with Gasteiger partial charge in [0.2, 0.25) is 11.8 Å². The quantitative estimate of drug-likeness (QED) is 0.227. The summed E-state index contributed by atoms with van der Waals surface area (Å²) < 4.78 is 12.4. The lowest BCUT2D eigenvalue weighted by Crippen LogP contribution is -2.55. The second-order valence-corrected chi connectivity index (χ2v) is 13.0. The summed E-state index contributed by atoms with van der Waals surface area (Å²) in [5.41, 5.74) is 1.70. The summed E-state index contributed by atoms with van der Waals surface area (Å²) in [5.74, 6) is 1.83. The lowest BCUT2D eigenvalue weighted by atomic mass is 9.84. The number of fused-ring (bicyclic) bond motifs is 2. The number of amides is 2. The van der Waals surface area contributed by atoms with E-state index in [1.165, 1.54) is 26.4 Å². The number of methoxy groups -OCH3 is 1. The third-order valence-corrected chi connectivity index (χ3v) is 9.90. The number of halogens is 1. The van der Waals surface area contributed by atoms with Crippen molar-refractivity contribution in [3.8, 4) is 11.5 Å². The van der Waals surface area contributed by atoms with Crippen LogP contribution in [0.5, 0.6) is 11.5 Å². The van der Waals surface area contributed by atoms with Crippen molar-refractivity contribution in [2.24, 2.45) is 17.8 Å².